The van der Waals surface area contributed by atoms with E-state index in [2.05, 4.69) is 15.4 Å². The average molecular weight is 282 g/mol. The van der Waals surface area contributed by atoms with Crippen molar-refractivity contribution in [3.63, 3.8) is 0 Å². The summed E-state index contributed by atoms with van der Waals surface area (Å²) in [5, 5.41) is 6.88. The number of rotatable bonds is 5. The molecule has 0 spiro atoms. The number of carbonyl (C=O) groups excluding carboxylic acids is 1. The van der Waals surface area contributed by atoms with Gasteiger partial charge in [-0.15, -0.1) is 0 Å². The van der Waals surface area contributed by atoms with Crippen molar-refractivity contribution in [3.05, 3.63) is 72.2 Å². The van der Waals surface area contributed by atoms with E-state index in [4.69, 9.17) is 4.42 Å². The Bertz CT molecular complexity index is 704. The second kappa shape index (κ2) is 6.04. The summed E-state index contributed by atoms with van der Waals surface area (Å²) in [5.41, 5.74) is 0.939. The van der Waals surface area contributed by atoms with Crippen LogP contribution in [0.5, 0.6) is 0 Å². The van der Waals surface area contributed by atoms with Crippen molar-refractivity contribution >= 4 is 5.91 Å². The summed E-state index contributed by atoms with van der Waals surface area (Å²) in [6, 6.07) is 9.01. The van der Waals surface area contributed by atoms with E-state index < -0.39 is 0 Å². The van der Waals surface area contributed by atoms with Gasteiger partial charge in [0.1, 0.15) is 5.76 Å². The van der Waals surface area contributed by atoms with Gasteiger partial charge in [0.15, 0.2) is 5.76 Å². The third kappa shape index (κ3) is 3.36. The molecule has 106 valence electrons. The van der Waals surface area contributed by atoms with E-state index in [1.807, 2.05) is 24.4 Å². The molecule has 21 heavy (non-hydrogen) atoms. The van der Waals surface area contributed by atoms with E-state index >= 15 is 0 Å². The molecule has 3 aromatic heterocycles. The number of furan rings is 1. The zero-order valence-corrected chi connectivity index (χ0v) is 11.3. The molecular formula is C15H14N4O2. The predicted molar refractivity (Wildman–Crippen MR) is 75.4 cm³/mol. The molecule has 0 radical (unpaired) electrons. The first kappa shape index (κ1) is 13.1. The lowest BCUT2D eigenvalue weighted by molar-refractivity contribution is 0.0921. The van der Waals surface area contributed by atoms with Crippen LogP contribution in [0.25, 0.3) is 0 Å². The Morgan fingerprint density at radius 3 is 2.95 bits per heavy atom. The summed E-state index contributed by atoms with van der Waals surface area (Å²) in [7, 11) is 0. The lowest BCUT2D eigenvalue weighted by Gasteiger charge is -2.02. The van der Waals surface area contributed by atoms with E-state index in [0.29, 0.717) is 24.6 Å². The highest BCUT2D eigenvalue weighted by molar-refractivity contribution is 5.91. The number of hydrogen-bond acceptors (Lipinski definition) is 4. The minimum absolute atomic E-state index is 0.245. The van der Waals surface area contributed by atoms with Crippen LogP contribution in [0.3, 0.4) is 0 Å². The van der Waals surface area contributed by atoms with Crippen molar-refractivity contribution in [2.24, 2.45) is 0 Å². The Balaban J connectivity index is 1.59. The molecule has 3 heterocycles. The topological polar surface area (TPSA) is 73.0 Å². The maximum atomic E-state index is 12.0. The van der Waals surface area contributed by atoms with E-state index in [1.165, 1.54) is 0 Å². The molecule has 0 bridgehead atoms. The maximum absolute atomic E-state index is 12.0. The molecule has 1 amide bonds. The average Bonchev–Trinajstić information content (AvgIpc) is 3.18. The maximum Gasteiger partial charge on any atom is 0.287 e. The molecular weight excluding hydrogens is 268 g/mol. The first-order valence-electron chi connectivity index (χ1n) is 6.54. The van der Waals surface area contributed by atoms with Gasteiger partial charge < -0.3 is 9.73 Å². The fourth-order valence-electron chi connectivity index (χ4n) is 1.91. The quantitative estimate of drug-likeness (QED) is 0.775. The molecule has 0 fully saturated rings. The Hall–Kier alpha value is -2.89. The van der Waals surface area contributed by atoms with Crippen LogP contribution in [0.4, 0.5) is 0 Å². The molecule has 0 aliphatic heterocycles. The van der Waals surface area contributed by atoms with Crippen molar-refractivity contribution in [2.75, 3.05) is 0 Å². The van der Waals surface area contributed by atoms with E-state index in [9.17, 15) is 4.79 Å². The second-order valence-electron chi connectivity index (χ2n) is 4.51. The minimum Gasteiger partial charge on any atom is -0.454 e. The standard InChI is InChI=1S/C15H14N4O2/c20-15(17-10-12-3-1-6-16-9-12)14-5-4-13(21-14)11-19-8-2-7-18-19/h1-9H,10-11H2,(H,17,20). The van der Waals surface area contributed by atoms with Crippen molar-refractivity contribution in [3.8, 4) is 0 Å². The normalized spacial score (nSPS) is 10.5. The van der Waals surface area contributed by atoms with Gasteiger partial charge in [0, 0.05) is 31.3 Å². The number of hydrogen-bond donors (Lipinski definition) is 1. The highest BCUT2D eigenvalue weighted by Crippen LogP contribution is 2.09. The molecule has 1 N–H and O–H groups in total. The Morgan fingerprint density at radius 1 is 1.24 bits per heavy atom. The predicted octanol–water partition coefficient (Wildman–Crippen LogP) is 1.85. The number of carbonyl (C=O) groups is 1. The Labute approximate surface area is 121 Å². The third-order valence-corrected chi connectivity index (χ3v) is 2.94. The molecule has 0 aromatic carbocycles. The SMILES string of the molecule is O=C(NCc1cccnc1)c1ccc(Cn2cccn2)o1. The third-order valence-electron chi connectivity index (χ3n) is 2.94. The van der Waals surface area contributed by atoms with Gasteiger partial charge in [-0.2, -0.15) is 5.10 Å². The summed E-state index contributed by atoms with van der Waals surface area (Å²) in [4.78, 5) is 16.0. The summed E-state index contributed by atoms with van der Waals surface area (Å²) in [6.45, 7) is 0.921. The van der Waals surface area contributed by atoms with Gasteiger partial charge >= 0.3 is 0 Å². The van der Waals surface area contributed by atoms with E-state index in [1.54, 1.807) is 35.4 Å². The zero-order chi connectivity index (χ0) is 14.5. The van der Waals surface area contributed by atoms with Gasteiger partial charge in [0.25, 0.3) is 5.91 Å². The molecule has 0 atom stereocenters. The van der Waals surface area contributed by atoms with Gasteiger partial charge in [-0.3, -0.25) is 14.5 Å². The van der Waals surface area contributed by atoms with Gasteiger partial charge in [-0.05, 0) is 29.8 Å². The van der Waals surface area contributed by atoms with Crippen LogP contribution in [0.2, 0.25) is 0 Å². The lowest BCUT2D eigenvalue weighted by atomic mass is 10.3. The monoisotopic (exact) mass is 282 g/mol. The molecule has 0 unspecified atom stereocenters. The molecule has 6 heteroatoms. The number of nitrogens with one attached hydrogen (secondary N) is 1. The van der Waals surface area contributed by atoms with Crippen LogP contribution in [-0.4, -0.2) is 20.7 Å². The smallest absolute Gasteiger partial charge is 0.287 e. The van der Waals surface area contributed by atoms with Crippen LogP contribution in [0.1, 0.15) is 21.9 Å². The first-order valence-corrected chi connectivity index (χ1v) is 6.54. The molecule has 3 aromatic rings. The van der Waals surface area contributed by atoms with E-state index in [-0.39, 0.29) is 5.91 Å². The zero-order valence-electron chi connectivity index (χ0n) is 11.3. The fourth-order valence-corrected chi connectivity index (χ4v) is 1.91. The summed E-state index contributed by atoms with van der Waals surface area (Å²) in [6.07, 6.45) is 6.94. The second-order valence-corrected chi connectivity index (χ2v) is 4.51. The van der Waals surface area contributed by atoms with E-state index in [0.717, 1.165) is 5.56 Å². The van der Waals surface area contributed by atoms with Crippen molar-refractivity contribution in [1.82, 2.24) is 20.1 Å². The molecule has 0 saturated carbocycles. The molecule has 0 aliphatic rings. The molecule has 0 aliphatic carbocycles. The van der Waals surface area contributed by atoms with Crippen molar-refractivity contribution < 1.29 is 9.21 Å². The Morgan fingerprint density at radius 2 is 2.19 bits per heavy atom. The van der Waals surface area contributed by atoms with Crippen LogP contribution in [0.15, 0.2) is 59.5 Å². The van der Waals surface area contributed by atoms with Gasteiger partial charge in [0.2, 0.25) is 0 Å². The molecule has 6 nitrogen and oxygen atoms in total. The largest absolute Gasteiger partial charge is 0.454 e. The number of amides is 1. The van der Waals surface area contributed by atoms with Crippen LogP contribution < -0.4 is 5.32 Å². The summed E-state index contributed by atoms with van der Waals surface area (Å²) in [5.74, 6) is 0.733. The van der Waals surface area contributed by atoms with Crippen molar-refractivity contribution in [2.45, 2.75) is 13.1 Å². The van der Waals surface area contributed by atoms with Crippen LogP contribution in [0, 0.1) is 0 Å². The van der Waals surface area contributed by atoms with Gasteiger partial charge in [0.05, 0.1) is 6.54 Å². The fraction of sp³-hybridized carbons (Fsp3) is 0.133. The molecule has 0 saturated heterocycles. The lowest BCUT2D eigenvalue weighted by Crippen LogP contribution is -2.22. The summed E-state index contributed by atoms with van der Waals surface area (Å²) < 4.78 is 7.25. The highest BCUT2D eigenvalue weighted by atomic mass is 16.4. The van der Waals surface area contributed by atoms with Crippen LogP contribution >= 0.6 is 0 Å². The Kier molecular flexibility index (Phi) is 3.77. The van der Waals surface area contributed by atoms with Gasteiger partial charge in [-0.25, -0.2) is 0 Å². The minimum atomic E-state index is -0.245. The number of pyridine rings is 1. The number of aromatic nitrogens is 3. The van der Waals surface area contributed by atoms with Crippen molar-refractivity contribution in [1.29, 1.82) is 0 Å². The summed E-state index contributed by atoms with van der Waals surface area (Å²) >= 11 is 0. The number of nitrogens with zero attached hydrogens (tertiary/aromatic N) is 3. The van der Waals surface area contributed by atoms with Gasteiger partial charge in [-0.1, -0.05) is 6.07 Å². The first-order chi connectivity index (χ1) is 10.3. The highest BCUT2D eigenvalue weighted by Gasteiger charge is 2.11. The molecule has 3 rings (SSSR count). The van der Waals surface area contributed by atoms with Crippen LogP contribution in [-0.2, 0) is 13.1 Å².